The van der Waals surface area contributed by atoms with Gasteiger partial charge in [-0.25, -0.2) is 4.79 Å². The van der Waals surface area contributed by atoms with Gasteiger partial charge in [-0.1, -0.05) is 168 Å². The third-order valence-electron chi connectivity index (χ3n) is 17.0. The van der Waals surface area contributed by atoms with Gasteiger partial charge in [-0.05, 0) is 121 Å². The summed E-state index contributed by atoms with van der Waals surface area (Å²) in [5, 5.41) is 14.6. The van der Waals surface area contributed by atoms with Crippen LogP contribution in [-0.2, 0) is 84.5 Å². The lowest BCUT2D eigenvalue weighted by molar-refractivity contribution is -0.150. The van der Waals surface area contributed by atoms with Crippen molar-refractivity contribution in [3.05, 3.63) is 97.1 Å². The normalized spacial score (nSPS) is 14.2. The summed E-state index contributed by atoms with van der Waals surface area (Å²) in [6, 6.07) is 11.0. The van der Waals surface area contributed by atoms with Crippen molar-refractivity contribution in [2.45, 2.75) is 234 Å². The molecule has 9 amide bonds. The predicted octanol–water partition coefficient (Wildman–Crippen LogP) is 7.84. The minimum Gasteiger partial charge on any atom is -0.460 e. The Kier molecular flexibility index (Phi) is 44.7. The zero-order chi connectivity index (χ0) is 79.8. The molecule has 0 spiro atoms. The Bertz CT molecular complexity index is 3020. The average Bonchev–Trinajstić information content (AvgIpc) is 0.831. The highest BCUT2D eigenvalue weighted by atomic mass is 16.6. The highest BCUT2D eigenvalue weighted by Gasteiger charge is 2.41. The summed E-state index contributed by atoms with van der Waals surface area (Å²) in [6.45, 7) is 35.1. The third kappa shape index (κ3) is 36.1. The largest absolute Gasteiger partial charge is 0.460 e. The Balaban J connectivity index is 0.00000106. The summed E-state index contributed by atoms with van der Waals surface area (Å²) in [5.41, 5.74) is 0.974. The molecule has 26 heteroatoms. The SMILES string of the molecule is C=CCOC(=O)CN(C)C(=O)[C@@H](NC(=O)[C@H](CC(C)C)N(C)C(=O)[C@H](CC(C)C)NC(=O)[C@H](Cc1ccccc1)N(C)C(=O)OC(C)(C)C)[C@@H](C)OCCCC.C=CCOC(=O)CN(C)C(=O)[C@@H](NC(=O)[C@H](CC(C)C)N(C)C(=O)[C@H](CC(C)C)NC(=O)[C@H](Cc1ccccc1)NC)[C@@H](C)OCCCC. The van der Waals surface area contributed by atoms with Gasteiger partial charge in [-0.3, -0.25) is 52.8 Å². The zero-order valence-electron chi connectivity index (χ0n) is 67.0. The fourth-order valence-corrected chi connectivity index (χ4v) is 11.1. The minimum absolute atomic E-state index is 0.00963. The number of amides is 9. The Morgan fingerprint density at radius 2 is 0.810 bits per heavy atom. The van der Waals surface area contributed by atoms with Crippen LogP contribution < -0.4 is 26.6 Å². The molecule has 0 aliphatic heterocycles. The quantitative estimate of drug-likeness (QED) is 0.0182. The monoisotopic (exact) mass is 1470 g/mol. The molecule has 0 unspecified atom stereocenters. The molecule has 0 heterocycles. The van der Waals surface area contributed by atoms with E-state index in [1.165, 1.54) is 59.9 Å². The van der Waals surface area contributed by atoms with E-state index in [0.717, 1.165) is 41.7 Å². The second kappa shape index (κ2) is 49.5. The van der Waals surface area contributed by atoms with Crippen LogP contribution in [0.25, 0.3) is 0 Å². The number of nitrogens with one attached hydrogen (secondary N) is 5. The number of esters is 2. The number of ether oxygens (including phenoxy) is 5. The van der Waals surface area contributed by atoms with E-state index in [1.807, 2.05) is 130 Å². The van der Waals surface area contributed by atoms with Crippen molar-refractivity contribution >= 4 is 65.3 Å². The van der Waals surface area contributed by atoms with Gasteiger partial charge in [0.1, 0.15) is 74.2 Å². The fraction of sp³-hybridized carbons (Fsp3) is 0.658. The van der Waals surface area contributed by atoms with Crippen molar-refractivity contribution in [3.8, 4) is 0 Å². The number of rotatable bonds is 46. The van der Waals surface area contributed by atoms with Gasteiger partial charge in [0.05, 0.1) is 18.2 Å². The molecule has 10 atom stereocenters. The van der Waals surface area contributed by atoms with Gasteiger partial charge in [0, 0.05) is 54.9 Å². The average molecular weight is 1480 g/mol. The maximum absolute atomic E-state index is 14.4. The van der Waals surface area contributed by atoms with E-state index in [-0.39, 0.29) is 75.1 Å². The van der Waals surface area contributed by atoms with Crippen LogP contribution in [-0.4, -0.2) is 238 Å². The molecule has 0 radical (unpaired) electrons. The van der Waals surface area contributed by atoms with E-state index in [4.69, 9.17) is 23.7 Å². The van der Waals surface area contributed by atoms with Crippen LogP contribution in [0.4, 0.5) is 4.79 Å². The third-order valence-corrected chi connectivity index (χ3v) is 17.0. The molecule has 0 fully saturated rings. The molecule has 592 valence electrons. The van der Waals surface area contributed by atoms with Gasteiger partial charge in [-0.2, -0.15) is 0 Å². The van der Waals surface area contributed by atoms with Crippen LogP contribution in [0.2, 0.25) is 0 Å². The molecule has 26 nitrogen and oxygen atoms in total. The fourth-order valence-electron chi connectivity index (χ4n) is 11.1. The predicted molar refractivity (Wildman–Crippen MR) is 408 cm³/mol. The van der Waals surface area contributed by atoms with Gasteiger partial charge in [0.15, 0.2) is 0 Å². The van der Waals surface area contributed by atoms with Crippen molar-refractivity contribution < 1.29 is 76.4 Å². The van der Waals surface area contributed by atoms with Crippen molar-refractivity contribution in [2.24, 2.45) is 23.7 Å². The maximum Gasteiger partial charge on any atom is 0.410 e. The summed E-state index contributed by atoms with van der Waals surface area (Å²) >= 11 is 0. The van der Waals surface area contributed by atoms with Crippen molar-refractivity contribution in [3.63, 3.8) is 0 Å². The second-order valence-electron chi connectivity index (χ2n) is 29.6. The van der Waals surface area contributed by atoms with Crippen LogP contribution in [0.5, 0.6) is 0 Å². The molecule has 2 rings (SSSR count). The first-order chi connectivity index (χ1) is 49.3. The highest BCUT2D eigenvalue weighted by molar-refractivity contribution is 5.97. The first kappa shape index (κ1) is 94.8. The maximum atomic E-state index is 14.4. The lowest BCUT2D eigenvalue weighted by Crippen LogP contribution is -2.61. The van der Waals surface area contributed by atoms with E-state index in [0.29, 0.717) is 32.5 Å². The number of nitrogens with zero attached hydrogens (tertiary/aromatic N) is 5. The molecule has 2 aromatic rings. The number of likely N-dealkylation sites (N-methyl/N-ethyl adjacent to an activating group) is 6. The van der Waals surface area contributed by atoms with E-state index in [1.54, 1.807) is 48.7 Å². The lowest BCUT2D eigenvalue weighted by atomic mass is 9.97. The number of benzene rings is 2. The molecule has 0 aromatic heterocycles. The van der Waals surface area contributed by atoms with Crippen molar-refractivity contribution in [2.75, 3.05) is 81.8 Å². The van der Waals surface area contributed by atoms with Crippen molar-refractivity contribution in [1.29, 1.82) is 0 Å². The smallest absolute Gasteiger partial charge is 0.410 e. The van der Waals surface area contributed by atoms with Gasteiger partial charge < -0.3 is 69.9 Å². The highest BCUT2D eigenvalue weighted by Crippen LogP contribution is 2.22. The van der Waals surface area contributed by atoms with E-state index in [9.17, 15) is 52.7 Å². The summed E-state index contributed by atoms with van der Waals surface area (Å²) in [4.78, 5) is 156. The number of carbonyl (C=O) groups excluding carboxylic acids is 11. The first-order valence-electron chi connectivity index (χ1n) is 37.0. The molecule has 0 saturated heterocycles. The number of hydrogen-bond acceptors (Lipinski definition) is 17. The minimum atomic E-state index is -1.19. The van der Waals surface area contributed by atoms with Gasteiger partial charge in [0.2, 0.25) is 47.3 Å². The Hall–Kier alpha value is -8.23. The second-order valence-corrected chi connectivity index (χ2v) is 29.6. The molecular weight excluding hydrogens is 1340 g/mol. The van der Waals surface area contributed by atoms with Crippen LogP contribution in [0.1, 0.15) is 166 Å². The summed E-state index contributed by atoms with van der Waals surface area (Å²) in [6.07, 6.45) is 5.64. The molecule has 0 saturated carbocycles. The molecule has 105 heavy (non-hydrogen) atoms. The first-order valence-corrected chi connectivity index (χ1v) is 37.0. The summed E-state index contributed by atoms with van der Waals surface area (Å²) in [7, 11) is 9.12. The standard InChI is InChI=1S/C42H69N5O9.C37H61N5O7/c1-14-16-23-54-30(7)36(40(52)45(11)27-35(48)55-22-15-2)44-38(50)33(25-29(5)6)46(12)39(51)32(24-28(3)4)43-37(49)34(26-31-20-18-17-19-21-31)47(13)41(53)56-42(8,9)10;1-11-13-20-48-27(7)33(37(47)41(9)24-32(43)49-19-12-2)40-35(45)31(22-26(5)6)42(10)36(46)30(21-25(3)4)39-34(44)29(38-8)23-28-17-15-14-16-18-28/h15,17-21,28-30,32-34,36H,2,14,16,22-27H2,1,3-13H3,(H,43,49)(H,44,50);12,14-18,25-27,29-31,33,38H,2,11,13,19-24H2,1,3-10H3,(H,39,44)(H,40,45)/t30-,32+,33+,34+,36+;27-,29+,30+,31+,33+/m11/s1. The van der Waals surface area contributed by atoms with Crippen LogP contribution in [0.3, 0.4) is 0 Å². The molecule has 2 aromatic carbocycles. The summed E-state index contributed by atoms with van der Waals surface area (Å²) in [5.74, 6) is -5.30. The topological polar surface area (TPSA) is 310 Å². The van der Waals surface area contributed by atoms with Gasteiger partial charge in [0.25, 0.3) is 0 Å². The molecule has 5 N–H and O–H groups in total. The Labute approximate surface area is 626 Å². The number of carbonyl (C=O) groups is 11. The van der Waals surface area contributed by atoms with Crippen LogP contribution >= 0.6 is 0 Å². The Morgan fingerprint density at radius 1 is 0.457 bits per heavy atom. The van der Waals surface area contributed by atoms with E-state index in [2.05, 4.69) is 39.7 Å². The van der Waals surface area contributed by atoms with Gasteiger partial charge in [-0.15, -0.1) is 0 Å². The van der Waals surface area contributed by atoms with E-state index < -0.39 is 126 Å². The summed E-state index contributed by atoms with van der Waals surface area (Å²) < 4.78 is 27.6. The van der Waals surface area contributed by atoms with E-state index >= 15 is 0 Å². The molecule has 0 aliphatic rings. The number of unbranched alkanes of at least 4 members (excludes halogenated alkanes) is 2. The van der Waals surface area contributed by atoms with Gasteiger partial charge >= 0.3 is 18.0 Å². The molecular formula is C79H130N10O16. The van der Waals surface area contributed by atoms with Crippen LogP contribution in [0.15, 0.2) is 86.0 Å². The Morgan fingerprint density at radius 3 is 1.14 bits per heavy atom. The molecule has 0 aliphatic carbocycles. The van der Waals surface area contributed by atoms with Crippen LogP contribution in [0, 0.1) is 23.7 Å². The number of hydrogen-bond donors (Lipinski definition) is 5. The zero-order valence-corrected chi connectivity index (χ0v) is 67.0. The lowest BCUT2D eigenvalue weighted by Gasteiger charge is -2.35. The van der Waals surface area contributed by atoms with Crippen molar-refractivity contribution in [1.82, 2.24) is 51.1 Å². The molecule has 0 bridgehead atoms.